The number of amides is 1. The van der Waals surface area contributed by atoms with Crippen molar-refractivity contribution >= 4 is 45.5 Å². The molecule has 5 rings (SSSR count). The molecule has 0 fully saturated rings. The van der Waals surface area contributed by atoms with Gasteiger partial charge in [-0.1, -0.05) is 23.7 Å². The summed E-state index contributed by atoms with van der Waals surface area (Å²) in [5.74, 6) is 0.712. The van der Waals surface area contributed by atoms with E-state index in [1.165, 1.54) is 0 Å². The third kappa shape index (κ3) is 5.57. The molecule has 1 amide bonds. The van der Waals surface area contributed by atoms with Crippen LogP contribution in [0.2, 0.25) is 5.02 Å². The standard InChI is InChI=1S/C30H32ClN5O3/c1-34(2)13-14-36(4)30(38)19-5-9-22(10-6-19)32-28(20-7-12-25-26(17-20)39-16-15-35(25)3)27-23-11-8-21(31)18-24(23)33-29(27)37/h5-12,17-18,33,37H,13-16H2,1-4H3. The maximum Gasteiger partial charge on any atom is 0.253 e. The number of ether oxygens (including phenoxy) is 1. The van der Waals surface area contributed by atoms with Gasteiger partial charge in [0.25, 0.3) is 5.91 Å². The Kier molecular flexibility index (Phi) is 7.50. The zero-order valence-electron chi connectivity index (χ0n) is 22.5. The number of likely N-dealkylation sites (N-methyl/N-ethyl adjacent to an activating group) is 3. The quantitative estimate of drug-likeness (QED) is 0.313. The lowest BCUT2D eigenvalue weighted by Crippen LogP contribution is -2.33. The first kappa shape index (κ1) is 26.6. The highest BCUT2D eigenvalue weighted by molar-refractivity contribution is 6.31. The van der Waals surface area contributed by atoms with Crippen molar-refractivity contribution in [2.75, 3.05) is 59.3 Å². The summed E-state index contributed by atoms with van der Waals surface area (Å²) < 4.78 is 5.96. The SMILES string of the molecule is CN(C)CCN(C)C(=O)c1ccc(N=C(c2ccc3c(c2)OCCN3C)c2c(O)[nH]c3cc(Cl)ccc23)cc1. The van der Waals surface area contributed by atoms with Crippen LogP contribution in [0, 0.1) is 0 Å². The summed E-state index contributed by atoms with van der Waals surface area (Å²) in [5, 5.41) is 12.4. The summed E-state index contributed by atoms with van der Waals surface area (Å²) in [5.41, 5.74) is 4.87. The van der Waals surface area contributed by atoms with E-state index in [0.717, 1.165) is 35.5 Å². The third-order valence-corrected chi connectivity index (χ3v) is 7.13. The van der Waals surface area contributed by atoms with Crippen LogP contribution >= 0.6 is 11.6 Å². The number of hydrogen-bond donors (Lipinski definition) is 2. The molecule has 1 aromatic heterocycles. The first-order valence-corrected chi connectivity index (χ1v) is 13.2. The molecule has 0 saturated heterocycles. The van der Waals surface area contributed by atoms with E-state index in [9.17, 15) is 9.90 Å². The van der Waals surface area contributed by atoms with Gasteiger partial charge in [-0.25, -0.2) is 4.99 Å². The number of carbonyl (C=O) groups is 1. The molecule has 1 aliphatic rings. The van der Waals surface area contributed by atoms with Gasteiger partial charge in [0.05, 0.1) is 34.7 Å². The fourth-order valence-corrected chi connectivity index (χ4v) is 4.82. The van der Waals surface area contributed by atoms with Crippen LogP contribution in [0.15, 0.2) is 65.7 Å². The number of anilines is 1. The number of fused-ring (bicyclic) bond motifs is 2. The highest BCUT2D eigenvalue weighted by atomic mass is 35.5. The molecule has 0 radical (unpaired) electrons. The van der Waals surface area contributed by atoms with Crippen LogP contribution in [0.4, 0.5) is 11.4 Å². The van der Waals surface area contributed by atoms with E-state index in [1.807, 2.05) is 62.4 Å². The number of aromatic amines is 1. The molecule has 0 atom stereocenters. The van der Waals surface area contributed by atoms with E-state index in [1.54, 1.807) is 36.2 Å². The molecule has 2 N–H and O–H groups in total. The van der Waals surface area contributed by atoms with E-state index in [-0.39, 0.29) is 11.8 Å². The summed E-state index contributed by atoms with van der Waals surface area (Å²) in [6.45, 7) is 2.82. The zero-order chi connectivity index (χ0) is 27.7. The van der Waals surface area contributed by atoms with Gasteiger partial charge in [0.2, 0.25) is 0 Å². The van der Waals surface area contributed by atoms with Gasteiger partial charge in [-0.3, -0.25) is 4.79 Å². The number of aliphatic imine (C=N–C) groups is 1. The predicted molar refractivity (Wildman–Crippen MR) is 157 cm³/mol. The van der Waals surface area contributed by atoms with Gasteiger partial charge in [0, 0.05) is 48.7 Å². The van der Waals surface area contributed by atoms with Gasteiger partial charge in [0.1, 0.15) is 12.4 Å². The van der Waals surface area contributed by atoms with Crippen molar-refractivity contribution in [2.45, 2.75) is 0 Å². The maximum absolute atomic E-state index is 12.9. The molecule has 1 aliphatic heterocycles. The van der Waals surface area contributed by atoms with Crippen LogP contribution in [0.25, 0.3) is 10.9 Å². The number of benzene rings is 3. The van der Waals surface area contributed by atoms with Crippen molar-refractivity contribution in [1.82, 2.24) is 14.8 Å². The van der Waals surface area contributed by atoms with Crippen molar-refractivity contribution in [2.24, 2.45) is 4.99 Å². The number of rotatable bonds is 7. The lowest BCUT2D eigenvalue weighted by molar-refractivity contribution is 0.0786. The molecule has 0 saturated carbocycles. The first-order chi connectivity index (χ1) is 18.7. The average molecular weight is 546 g/mol. The number of aromatic nitrogens is 1. The minimum atomic E-state index is -0.0466. The van der Waals surface area contributed by atoms with Gasteiger partial charge in [-0.15, -0.1) is 0 Å². The van der Waals surface area contributed by atoms with Gasteiger partial charge in [-0.2, -0.15) is 0 Å². The number of carbonyl (C=O) groups excluding carboxylic acids is 1. The third-order valence-electron chi connectivity index (χ3n) is 6.89. The molecule has 202 valence electrons. The molecule has 0 unspecified atom stereocenters. The van der Waals surface area contributed by atoms with Crippen molar-refractivity contribution in [3.05, 3.63) is 82.4 Å². The summed E-state index contributed by atoms with van der Waals surface area (Å²) >= 11 is 6.21. The lowest BCUT2D eigenvalue weighted by atomic mass is 9.99. The highest BCUT2D eigenvalue weighted by Gasteiger charge is 2.22. The second-order valence-electron chi connectivity index (χ2n) is 10.0. The smallest absolute Gasteiger partial charge is 0.253 e. The fourth-order valence-electron chi connectivity index (χ4n) is 4.64. The topological polar surface area (TPSA) is 84.4 Å². The lowest BCUT2D eigenvalue weighted by Gasteiger charge is -2.28. The molecule has 0 bridgehead atoms. The largest absolute Gasteiger partial charge is 0.494 e. The Bertz CT molecular complexity index is 1540. The van der Waals surface area contributed by atoms with Gasteiger partial charge < -0.3 is 29.5 Å². The van der Waals surface area contributed by atoms with Gasteiger partial charge in [-0.05, 0) is 62.6 Å². The zero-order valence-corrected chi connectivity index (χ0v) is 23.3. The summed E-state index contributed by atoms with van der Waals surface area (Å²) in [6, 6.07) is 18.6. The minimum absolute atomic E-state index is 0.00362. The number of halogens is 1. The number of nitrogens with one attached hydrogen (secondary N) is 1. The van der Waals surface area contributed by atoms with Crippen LogP contribution in [-0.4, -0.2) is 85.9 Å². The molecular weight excluding hydrogens is 514 g/mol. The van der Waals surface area contributed by atoms with E-state index in [0.29, 0.717) is 46.2 Å². The molecule has 39 heavy (non-hydrogen) atoms. The van der Waals surface area contributed by atoms with Crippen LogP contribution < -0.4 is 9.64 Å². The Labute approximate surface area is 233 Å². The monoisotopic (exact) mass is 545 g/mol. The molecule has 4 aromatic rings. The van der Waals surface area contributed by atoms with E-state index >= 15 is 0 Å². The normalized spacial score (nSPS) is 13.5. The van der Waals surface area contributed by atoms with Crippen LogP contribution in [0.1, 0.15) is 21.5 Å². The number of nitrogens with zero attached hydrogens (tertiary/aromatic N) is 4. The molecule has 9 heteroatoms. The molecule has 0 aliphatic carbocycles. The Morgan fingerprint density at radius 3 is 2.54 bits per heavy atom. The number of H-pyrrole nitrogens is 1. The molecule has 8 nitrogen and oxygen atoms in total. The number of hydrogen-bond acceptors (Lipinski definition) is 6. The van der Waals surface area contributed by atoms with Gasteiger partial charge >= 0.3 is 0 Å². The summed E-state index contributed by atoms with van der Waals surface area (Å²) in [6.07, 6.45) is 0. The average Bonchev–Trinajstić information content (AvgIpc) is 3.24. The molecular formula is C30H32ClN5O3. The van der Waals surface area contributed by atoms with Crippen molar-refractivity contribution in [3.8, 4) is 11.6 Å². The molecule has 2 heterocycles. The van der Waals surface area contributed by atoms with Gasteiger partial charge in [0.15, 0.2) is 5.88 Å². The highest BCUT2D eigenvalue weighted by Crippen LogP contribution is 2.36. The van der Waals surface area contributed by atoms with Crippen molar-refractivity contribution in [3.63, 3.8) is 0 Å². The Morgan fingerprint density at radius 2 is 1.79 bits per heavy atom. The number of aromatic hydroxyl groups is 1. The second kappa shape index (κ2) is 11.0. The molecule has 0 spiro atoms. The van der Waals surface area contributed by atoms with E-state index < -0.39 is 0 Å². The Hall–Kier alpha value is -4.01. The van der Waals surface area contributed by atoms with E-state index in [4.69, 9.17) is 21.3 Å². The first-order valence-electron chi connectivity index (χ1n) is 12.8. The fraction of sp³-hybridized carbons (Fsp3) is 0.267. The Balaban J connectivity index is 1.57. The summed E-state index contributed by atoms with van der Waals surface area (Å²) in [4.78, 5) is 26.8. The van der Waals surface area contributed by atoms with Crippen molar-refractivity contribution in [1.29, 1.82) is 0 Å². The maximum atomic E-state index is 12.9. The predicted octanol–water partition coefficient (Wildman–Crippen LogP) is 5.16. The Morgan fingerprint density at radius 1 is 1.05 bits per heavy atom. The summed E-state index contributed by atoms with van der Waals surface area (Å²) in [7, 11) is 7.80. The van der Waals surface area contributed by atoms with Crippen LogP contribution in [0.5, 0.6) is 11.6 Å². The van der Waals surface area contributed by atoms with Crippen LogP contribution in [-0.2, 0) is 0 Å². The van der Waals surface area contributed by atoms with Crippen molar-refractivity contribution < 1.29 is 14.6 Å². The van der Waals surface area contributed by atoms with Crippen LogP contribution in [0.3, 0.4) is 0 Å². The van der Waals surface area contributed by atoms with E-state index in [2.05, 4.69) is 9.88 Å². The minimum Gasteiger partial charge on any atom is -0.494 e. The molecule has 3 aromatic carbocycles. The second-order valence-corrected chi connectivity index (χ2v) is 10.5.